The molecular formula is C54H64N8. The molecule has 1 aromatic heterocycles. The van der Waals surface area contributed by atoms with Crippen LogP contribution in [0.15, 0.2) is 137 Å². The largest absolute Gasteiger partial charge is 0.361 e. The molecule has 4 heterocycles. The van der Waals surface area contributed by atoms with Gasteiger partial charge in [0, 0.05) is 54.7 Å². The summed E-state index contributed by atoms with van der Waals surface area (Å²) in [6, 6.07) is 33.8. The second-order valence-corrected chi connectivity index (χ2v) is 17.9. The summed E-state index contributed by atoms with van der Waals surface area (Å²) in [5, 5.41) is 0. The molecule has 320 valence electrons. The van der Waals surface area contributed by atoms with E-state index in [1.54, 1.807) is 6.20 Å². The quantitative estimate of drug-likeness (QED) is 0.0917. The Hall–Kier alpha value is -6.15. The zero-order chi connectivity index (χ0) is 44.0. The fourth-order valence-corrected chi connectivity index (χ4v) is 11.2. The Bertz CT molecular complexity index is 2560. The van der Waals surface area contributed by atoms with Crippen molar-refractivity contribution in [1.29, 1.82) is 0 Å². The zero-order valence-electron chi connectivity index (χ0n) is 38.7. The van der Waals surface area contributed by atoms with Crippen molar-refractivity contribution in [2.75, 3.05) is 33.7 Å². The molecule has 0 saturated carbocycles. The topological polar surface area (TPSA) is 54.3 Å². The third-order valence-corrected chi connectivity index (χ3v) is 13.9. The Balaban J connectivity index is 1.31. The van der Waals surface area contributed by atoms with E-state index in [0.717, 1.165) is 54.6 Å². The molecule has 3 unspecified atom stereocenters. The van der Waals surface area contributed by atoms with Gasteiger partial charge in [0.25, 0.3) is 0 Å². The monoisotopic (exact) mass is 825 g/mol. The van der Waals surface area contributed by atoms with Crippen molar-refractivity contribution in [1.82, 2.24) is 14.9 Å². The molecule has 5 aromatic rings. The van der Waals surface area contributed by atoms with Gasteiger partial charge in [-0.1, -0.05) is 80.1 Å². The molecule has 8 nitrogen and oxygen atoms in total. The van der Waals surface area contributed by atoms with Gasteiger partial charge < -0.3 is 24.5 Å². The van der Waals surface area contributed by atoms with Crippen LogP contribution in [0.3, 0.4) is 0 Å². The molecule has 8 heteroatoms. The number of nitrogens with zero attached hydrogens (tertiary/aromatic N) is 8. The molecule has 0 amide bonds. The number of aryl methyl sites for hydroxylation is 3. The van der Waals surface area contributed by atoms with Gasteiger partial charge in [0.05, 0.1) is 0 Å². The molecule has 8 rings (SSSR count). The summed E-state index contributed by atoms with van der Waals surface area (Å²) in [6.07, 6.45) is 9.60. The first kappa shape index (κ1) is 42.5. The van der Waals surface area contributed by atoms with Gasteiger partial charge >= 0.3 is 0 Å². The van der Waals surface area contributed by atoms with Gasteiger partial charge in [-0.15, -0.1) is 0 Å². The van der Waals surface area contributed by atoms with Crippen molar-refractivity contribution in [3.05, 3.63) is 160 Å². The minimum Gasteiger partial charge on any atom is -0.361 e. The molecule has 4 aromatic carbocycles. The molecule has 0 bridgehead atoms. The normalized spacial score (nSPS) is 19.1. The maximum absolute atomic E-state index is 4.97. The Morgan fingerprint density at radius 3 is 2.03 bits per heavy atom. The van der Waals surface area contributed by atoms with Crippen LogP contribution in [0.5, 0.6) is 0 Å². The van der Waals surface area contributed by atoms with Gasteiger partial charge in [0.1, 0.15) is 12.3 Å². The van der Waals surface area contributed by atoms with Crippen molar-refractivity contribution >= 4 is 46.7 Å². The lowest BCUT2D eigenvalue weighted by molar-refractivity contribution is 0.135. The molecule has 3 aliphatic heterocycles. The number of hydrogen-bond acceptors (Lipinski definition) is 8. The lowest BCUT2D eigenvalue weighted by Gasteiger charge is -2.56. The molecule has 0 saturated heterocycles. The van der Waals surface area contributed by atoms with E-state index in [1.165, 1.54) is 61.6 Å². The molecule has 62 heavy (non-hydrogen) atoms. The van der Waals surface area contributed by atoms with E-state index < -0.39 is 0 Å². The van der Waals surface area contributed by atoms with Crippen molar-refractivity contribution in [3.63, 3.8) is 0 Å². The number of hydrogen-bond donors (Lipinski definition) is 0. The average molecular weight is 825 g/mol. The Morgan fingerprint density at radius 1 is 0.774 bits per heavy atom. The van der Waals surface area contributed by atoms with Crippen LogP contribution in [0.2, 0.25) is 0 Å². The van der Waals surface area contributed by atoms with Crippen LogP contribution >= 0.6 is 0 Å². The summed E-state index contributed by atoms with van der Waals surface area (Å²) >= 11 is 0. The van der Waals surface area contributed by atoms with Gasteiger partial charge in [0.15, 0.2) is 23.3 Å². The van der Waals surface area contributed by atoms with E-state index in [4.69, 9.17) is 15.0 Å². The van der Waals surface area contributed by atoms with Crippen molar-refractivity contribution < 1.29 is 0 Å². The van der Waals surface area contributed by atoms with Crippen molar-refractivity contribution in [2.45, 2.75) is 106 Å². The molecule has 0 N–H and O–H groups in total. The van der Waals surface area contributed by atoms with Crippen LogP contribution < -0.4 is 19.6 Å². The van der Waals surface area contributed by atoms with Crippen molar-refractivity contribution in [3.8, 4) is 0 Å². The predicted octanol–water partition coefficient (Wildman–Crippen LogP) is 13.1. The molecular weight excluding hydrogens is 761 g/mol. The van der Waals surface area contributed by atoms with Gasteiger partial charge in [-0.25, -0.2) is 15.0 Å². The zero-order valence-corrected chi connectivity index (χ0v) is 38.7. The first-order chi connectivity index (χ1) is 29.9. The van der Waals surface area contributed by atoms with Gasteiger partial charge in [-0.2, -0.15) is 0 Å². The van der Waals surface area contributed by atoms with E-state index >= 15 is 0 Å². The molecule has 0 radical (unpaired) electrons. The smallest absolute Gasteiger partial charge is 0.178 e. The summed E-state index contributed by atoms with van der Waals surface area (Å²) in [7, 11) is 4.30. The van der Waals surface area contributed by atoms with Gasteiger partial charge in [-0.3, -0.25) is 0 Å². The second kappa shape index (κ2) is 17.0. The number of fused-ring (bicyclic) bond motifs is 4. The standard InChI is InChI=1S/C54H64N8/c1-13-38(8)48(35(4)5)41-25-27-44-45(28-26-40-21-19-20-24-46(40)60-39(9)59(42-22-17-16-18-23-42)49-50(60)57-30-29-56-49)54(14-2,15-3)53-61(43-32-36(6)31-37(7)33-43)52(58(11)12)51(55-10)62(53)47(44)34-41/h13,16-25,27,29-34,39,45,53H,10,14-15,26,28H2,1-9,11-12H3. The summed E-state index contributed by atoms with van der Waals surface area (Å²) in [5.74, 6) is 3.95. The van der Waals surface area contributed by atoms with Gasteiger partial charge in [0.2, 0.25) is 0 Å². The number of aliphatic imine (C=N–C) groups is 1. The summed E-state index contributed by atoms with van der Waals surface area (Å²) in [4.78, 5) is 26.9. The number of anilines is 6. The minimum absolute atomic E-state index is 0.0289. The number of rotatable bonds is 12. The summed E-state index contributed by atoms with van der Waals surface area (Å²) < 4.78 is 0. The first-order valence-electron chi connectivity index (χ1n) is 22.4. The van der Waals surface area contributed by atoms with Crippen LogP contribution in [0.4, 0.5) is 34.4 Å². The lowest BCUT2D eigenvalue weighted by Crippen LogP contribution is -2.58. The van der Waals surface area contributed by atoms with E-state index in [-0.39, 0.29) is 23.7 Å². The first-order valence-corrected chi connectivity index (χ1v) is 22.4. The third kappa shape index (κ3) is 6.88. The maximum Gasteiger partial charge on any atom is 0.178 e. The van der Waals surface area contributed by atoms with Crippen molar-refractivity contribution in [2.24, 2.45) is 10.4 Å². The molecule has 0 spiro atoms. The highest BCUT2D eigenvalue weighted by Crippen LogP contribution is 2.61. The van der Waals surface area contributed by atoms with E-state index in [9.17, 15) is 0 Å². The number of para-hydroxylation sites is 2. The third-order valence-electron chi connectivity index (χ3n) is 13.9. The Morgan fingerprint density at radius 2 is 1.42 bits per heavy atom. The average Bonchev–Trinajstić information content (AvgIpc) is 3.78. The number of benzene rings is 4. The number of allylic oxidation sites excluding steroid dienone is 4. The van der Waals surface area contributed by atoms with Crippen LogP contribution in [0.1, 0.15) is 101 Å². The maximum atomic E-state index is 4.97. The molecule has 3 atom stereocenters. The van der Waals surface area contributed by atoms with Crippen LogP contribution in [0.25, 0.3) is 5.57 Å². The second-order valence-electron chi connectivity index (χ2n) is 17.9. The van der Waals surface area contributed by atoms with Crippen LogP contribution in [-0.2, 0) is 6.42 Å². The molecule has 3 aliphatic rings. The highest BCUT2D eigenvalue weighted by atomic mass is 15.5. The fourth-order valence-electron chi connectivity index (χ4n) is 11.2. The molecule has 0 fully saturated rings. The Labute approximate surface area is 370 Å². The highest BCUT2D eigenvalue weighted by molar-refractivity contribution is 5.86. The summed E-state index contributed by atoms with van der Waals surface area (Å²) in [5.41, 5.74) is 14.8. The van der Waals surface area contributed by atoms with Gasteiger partial charge in [-0.05, 0) is 162 Å². The molecule has 0 aliphatic carbocycles. The predicted molar refractivity (Wildman–Crippen MR) is 262 cm³/mol. The fraction of sp³-hybridized carbons (Fsp3) is 0.352. The van der Waals surface area contributed by atoms with E-state index in [2.05, 4.69) is 205 Å². The van der Waals surface area contributed by atoms with Crippen LogP contribution in [-0.4, -0.2) is 48.0 Å². The Kier molecular flexibility index (Phi) is 11.6. The highest BCUT2D eigenvalue weighted by Gasteiger charge is 2.58. The van der Waals surface area contributed by atoms with Crippen LogP contribution in [0, 0.1) is 19.3 Å². The minimum atomic E-state index is -0.170. The SMILES string of the molecule is C=NC1=C(N(C)C)N(c2cc(C)cc(C)c2)C2N1c1cc(C(C(C)=CC)=C(C)C)ccc1C(CCc1ccccc1N1c3nccnc3N(c3ccccc3)C1C)C2(CC)CC. The summed E-state index contributed by atoms with van der Waals surface area (Å²) in [6.45, 7) is 24.6. The number of aromatic nitrogens is 2. The lowest BCUT2D eigenvalue weighted by atomic mass is 9.61. The van der Waals surface area contributed by atoms with E-state index in [0.29, 0.717) is 0 Å². The van der Waals surface area contributed by atoms with E-state index in [1.807, 2.05) is 6.20 Å².